The monoisotopic (exact) mass is 545 g/mol. The number of aromatic nitrogens is 3. The molecule has 0 N–H and O–H groups in total. The molecule has 6 rings (SSSR count). The van der Waals surface area contributed by atoms with Gasteiger partial charge >= 0.3 is 7.82 Å². The van der Waals surface area contributed by atoms with E-state index in [4.69, 9.17) is 48.9 Å². The average molecular weight is 547 g/mol. The first-order chi connectivity index (χ1) is 16.9. The van der Waals surface area contributed by atoms with Crippen LogP contribution in [-0.2, 0) is 4.57 Å². The highest BCUT2D eigenvalue weighted by Crippen LogP contribution is 2.54. The fourth-order valence-corrected chi connectivity index (χ4v) is 5.95. The Bertz CT molecular complexity index is 1570. The van der Waals surface area contributed by atoms with Crippen molar-refractivity contribution in [2.45, 2.75) is 0 Å². The van der Waals surface area contributed by atoms with Gasteiger partial charge in [-0.3, -0.25) is 12.3 Å². The molecule has 35 heavy (non-hydrogen) atoms. The fourth-order valence-electron chi connectivity index (χ4n) is 3.97. The van der Waals surface area contributed by atoms with Gasteiger partial charge in [0.05, 0.1) is 35.1 Å². The largest absolute Gasteiger partial charge is 0.647 e. The standard InChI is InChI=1S/C24H15Cl3N3O4P/c25-28-13-22(16-7-1-4-10-19(16)28)32-35(31,33-23-14-29(26)20-11-5-2-8-17(20)23)34-24-15-30(27)21-12-6-3-9-18(21)24/h1-15H. The molecule has 0 radical (unpaired) electrons. The summed E-state index contributed by atoms with van der Waals surface area (Å²) in [7, 11) is -4.37. The Morgan fingerprint density at radius 3 is 1.11 bits per heavy atom. The maximum atomic E-state index is 14.3. The van der Waals surface area contributed by atoms with Gasteiger partial charge in [0.1, 0.15) is 0 Å². The smallest absolute Gasteiger partial charge is 0.384 e. The topological polar surface area (TPSA) is 59.6 Å². The number of hydrogen-bond acceptors (Lipinski definition) is 4. The minimum Gasteiger partial charge on any atom is -0.384 e. The Labute approximate surface area is 214 Å². The Hall–Kier alpha value is -3.22. The molecule has 0 saturated heterocycles. The van der Waals surface area contributed by atoms with Gasteiger partial charge in [-0.15, -0.1) is 0 Å². The second-order valence-electron chi connectivity index (χ2n) is 7.69. The Morgan fingerprint density at radius 1 is 0.514 bits per heavy atom. The maximum Gasteiger partial charge on any atom is 0.647 e. The molecule has 3 aromatic carbocycles. The third-order valence-corrected chi connectivity index (χ3v) is 7.62. The highest BCUT2D eigenvalue weighted by Gasteiger charge is 2.36. The second-order valence-corrected chi connectivity index (χ2v) is 10.2. The highest BCUT2D eigenvalue weighted by atomic mass is 35.5. The van der Waals surface area contributed by atoms with E-state index >= 15 is 0 Å². The fraction of sp³-hybridized carbons (Fsp3) is 0. The van der Waals surface area contributed by atoms with Crippen LogP contribution in [-0.4, -0.2) is 12.3 Å². The van der Waals surface area contributed by atoms with E-state index in [1.54, 1.807) is 18.2 Å². The molecule has 3 aromatic heterocycles. The van der Waals surface area contributed by atoms with Gasteiger partial charge in [0.2, 0.25) is 0 Å². The first-order valence-electron chi connectivity index (χ1n) is 10.4. The number of phosphoric acid groups is 1. The molecule has 7 nitrogen and oxygen atoms in total. The van der Waals surface area contributed by atoms with Gasteiger partial charge in [0.15, 0.2) is 17.2 Å². The van der Waals surface area contributed by atoms with E-state index in [2.05, 4.69) is 0 Å². The highest BCUT2D eigenvalue weighted by molar-refractivity contribution is 7.49. The lowest BCUT2D eigenvalue weighted by molar-refractivity contribution is 0.301. The van der Waals surface area contributed by atoms with Gasteiger partial charge in [-0.25, -0.2) is 0 Å². The van der Waals surface area contributed by atoms with Crippen molar-refractivity contribution in [2.24, 2.45) is 0 Å². The van der Waals surface area contributed by atoms with Crippen LogP contribution in [0.3, 0.4) is 0 Å². The summed E-state index contributed by atoms with van der Waals surface area (Å²) in [6, 6.07) is 21.8. The molecule has 0 atom stereocenters. The number of halogens is 3. The minimum atomic E-state index is -4.37. The van der Waals surface area contributed by atoms with Crippen molar-refractivity contribution in [1.29, 1.82) is 0 Å². The first-order valence-corrected chi connectivity index (χ1v) is 12.9. The van der Waals surface area contributed by atoms with Crippen molar-refractivity contribution in [3.63, 3.8) is 0 Å². The van der Waals surface area contributed by atoms with E-state index in [0.29, 0.717) is 32.7 Å². The summed E-state index contributed by atoms with van der Waals surface area (Å²) in [4.78, 5) is 0. The Balaban J connectivity index is 1.47. The summed E-state index contributed by atoms with van der Waals surface area (Å²) in [6.45, 7) is 0. The van der Waals surface area contributed by atoms with E-state index in [1.807, 2.05) is 54.6 Å². The van der Waals surface area contributed by atoms with Crippen LogP contribution < -0.4 is 13.6 Å². The van der Waals surface area contributed by atoms with E-state index < -0.39 is 7.82 Å². The predicted molar refractivity (Wildman–Crippen MR) is 139 cm³/mol. The Morgan fingerprint density at radius 2 is 0.800 bits per heavy atom. The van der Waals surface area contributed by atoms with Crippen LogP contribution in [0.2, 0.25) is 0 Å². The van der Waals surface area contributed by atoms with Crippen molar-refractivity contribution in [2.75, 3.05) is 0 Å². The third kappa shape index (κ3) is 3.91. The number of rotatable bonds is 6. The lowest BCUT2D eigenvalue weighted by Crippen LogP contribution is -2.07. The molecule has 3 heterocycles. The van der Waals surface area contributed by atoms with Gasteiger partial charge in [-0.05, 0) is 36.4 Å². The molecule has 0 bridgehead atoms. The molecule has 0 spiro atoms. The zero-order valence-electron chi connectivity index (χ0n) is 17.7. The zero-order valence-corrected chi connectivity index (χ0v) is 20.9. The molecule has 11 heteroatoms. The van der Waals surface area contributed by atoms with Crippen molar-refractivity contribution in [3.8, 4) is 17.2 Å². The van der Waals surface area contributed by atoms with E-state index in [0.717, 1.165) is 0 Å². The molecular formula is C24H15Cl3N3O4P. The van der Waals surface area contributed by atoms with Crippen LogP contribution >= 0.6 is 43.2 Å². The first kappa shape index (κ1) is 22.3. The van der Waals surface area contributed by atoms with Gasteiger partial charge in [-0.1, -0.05) is 36.4 Å². The van der Waals surface area contributed by atoms with Gasteiger partial charge < -0.3 is 13.6 Å². The van der Waals surface area contributed by atoms with Crippen molar-refractivity contribution < 1.29 is 18.1 Å². The van der Waals surface area contributed by atoms with Crippen LogP contribution in [0.1, 0.15) is 0 Å². The number of para-hydroxylation sites is 3. The van der Waals surface area contributed by atoms with E-state index in [-0.39, 0.29) is 17.2 Å². The van der Waals surface area contributed by atoms with Gasteiger partial charge in [0.25, 0.3) is 0 Å². The minimum absolute atomic E-state index is 0.225. The number of hydrogen-bond donors (Lipinski definition) is 0. The van der Waals surface area contributed by atoms with Crippen molar-refractivity contribution in [3.05, 3.63) is 91.4 Å². The van der Waals surface area contributed by atoms with Crippen molar-refractivity contribution in [1.82, 2.24) is 12.3 Å². The Kier molecular flexibility index (Phi) is 5.38. The molecule has 176 valence electrons. The summed E-state index contributed by atoms with van der Waals surface area (Å²) >= 11 is 18.9. The SMILES string of the molecule is O=P(Oc1cn(Cl)c2ccccc12)(Oc1cn(Cl)c2ccccc12)Oc1cn(Cl)c2ccccc12. The van der Waals surface area contributed by atoms with E-state index in [1.165, 1.54) is 30.8 Å². The molecule has 0 unspecified atom stereocenters. The second kappa shape index (κ2) is 8.47. The third-order valence-electron chi connectivity index (χ3n) is 5.52. The molecule has 6 aromatic rings. The number of nitrogens with zero attached hydrogens (tertiary/aromatic N) is 3. The summed E-state index contributed by atoms with van der Waals surface area (Å²) < 4.78 is 36.2. The lowest BCUT2D eigenvalue weighted by Gasteiger charge is -2.18. The molecular weight excluding hydrogens is 532 g/mol. The average Bonchev–Trinajstić information content (AvgIpc) is 3.46. The molecule has 0 amide bonds. The number of fused-ring (bicyclic) bond motifs is 3. The number of phosphoric ester groups is 1. The van der Waals surface area contributed by atoms with Crippen LogP contribution in [0.4, 0.5) is 0 Å². The van der Waals surface area contributed by atoms with Crippen LogP contribution in [0, 0.1) is 0 Å². The van der Waals surface area contributed by atoms with Gasteiger partial charge in [0, 0.05) is 51.5 Å². The van der Waals surface area contributed by atoms with Crippen molar-refractivity contribution >= 4 is 75.9 Å². The number of benzene rings is 3. The quantitative estimate of drug-likeness (QED) is 0.198. The predicted octanol–water partition coefficient (Wildman–Crippen LogP) is 8.20. The molecule has 0 fully saturated rings. The summed E-state index contributed by atoms with van der Waals surface area (Å²) in [5.41, 5.74) is 2.02. The molecule has 0 saturated carbocycles. The lowest BCUT2D eigenvalue weighted by atomic mass is 10.2. The molecule has 0 aliphatic carbocycles. The molecule has 0 aliphatic heterocycles. The van der Waals surface area contributed by atoms with Crippen LogP contribution in [0.15, 0.2) is 91.4 Å². The molecule has 0 aliphatic rings. The maximum absolute atomic E-state index is 14.3. The van der Waals surface area contributed by atoms with Gasteiger partial charge in [-0.2, -0.15) is 4.57 Å². The normalized spacial score (nSPS) is 12.0. The van der Waals surface area contributed by atoms with E-state index in [9.17, 15) is 4.57 Å². The summed E-state index contributed by atoms with van der Waals surface area (Å²) in [6.07, 6.45) is 4.50. The summed E-state index contributed by atoms with van der Waals surface area (Å²) in [5.74, 6) is 0.675. The zero-order chi connectivity index (χ0) is 24.2. The van der Waals surface area contributed by atoms with Crippen LogP contribution in [0.5, 0.6) is 17.2 Å². The summed E-state index contributed by atoms with van der Waals surface area (Å²) in [5, 5.41) is 1.90. The van der Waals surface area contributed by atoms with Crippen LogP contribution in [0.25, 0.3) is 32.7 Å².